The van der Waals surface area contributed by atoms with Gasteiger partial charge in [-0.2, -0.15) is 0 Å². The van der Waals surface area contributed by atoms with Crippen molar-refractivity contribution in [3.05, 3.63) is 34.6 Å². The van der Waals surface area contributed by atoms with Crippen LogP contribution < -0.4 is 0 Å². The van der Waals surface area contributed by atoms with Gasteiger partial charge in [-0.1, -0.05) is 11.6 Å². The van der Waals surface area contributed by atoms with Gasteiger partial charge in [0.05, 0.1) is 18.1 Å². The van der Waals surface area contributed by atoms with Crippen molar-refractivity contribution in [2.45, 2.75) is 12.8 Å². The lowest BCUT2D eigenvalue weighted by molar-refractivity contribution is -0.119. The number of halogens is 2. The molecular formula is C12H12ClFO3. The fourth-order valence-electron chi connectivity index (χ4n) is 1.29. The third-order valence-electron chi connectivity index (χ3n) is 2.17. The fourth-order valence-corrected chi connectivity index (χ4v) is 1.57. The summed E-state index contributed by atoms with van der Waals surface area (Å²) in [5, 5.41) is 0.0227. The van der Waals surface area contributed by atoms with Gasteiger partial charge in [0.25, 0.3) is 0 Å². The molecule has 5 heteroatoms. The van der Waals surface area contributed by atoms with Gasteiger partial charge in [0.1, 0.15) is 11.6 Å². The molecule has 0 aromatic heterocycles. The molecule has 0 saturated carbocycles. The van der Waals surface area contributed by atoms with Crippen molar-refractivity contribution in [2.75, 3.05) is 13.7 Å². The summed E-state index contributed by atoms with van der Waals surface area (Å²) in [5.74, 6) is -1.15. The number of rotatable bonds is 6. The Hall–Kier alpha value is -1.26. The van der Waals surface area contributed by atoms with E-state index < -0.39 is 11.6 Å². The van der Waals surface area contributed by atoms with E-state index in [1.54, 1.807) is 0 Å². The number of ketones is 2. The smallest absolute Gasteiger partial charge is 0.171 e. The van der Waals surface area contributed by atoms with Crippen molar-refractivity contribution in [3.63, 3.8) is 0 Å². The summed E-state index contributed by atoms with van der Waals surface area (Å²) >= 11 is 5.72. The Bertz CT molecular complexity index is 432. The van der Waals surface area contributed by atoms with Crippen LogP contribution in [0.1, 0.15) is 23.2 Å². The van der Waals surface area contributed by atoms with E-state index >= 15 is 0 Å². The highest BCUT2D eigenvalue weighted by atomic mass is 35.5. The molecule has 0 N–H and O–H groups in total. The lowest BCUT2D eigenvalue weighted by Crippen LogP contribution is -2.10. The maximum absolute atomic E-state index is 12.8. The zero-order valence-electron chi connectivity index (χ0n) is 9.33. The van der Waals surface area contributed by atoms with Gasteiger partial charge >= 0.3 is 0 Å². The number of methoxy groups -OCH3 is 1. The van der Waals surface area contributed by atoms with Gasteiger partial charge in [-0.25, -0.2) is 4.39 Å². The van der Waals surface area contributed by atoms with Crippen LogP contribution in [0.2, 0.25) is 5.02 Å². The maximum atomic E-state index is 12.8. The zero-order chi connectivity index (χ0) is 12.8. The van der Waals surface area contributed by atoms with Crippen LogP contribution in [0.3, 0.4) is 0 Å². The van der Waals surface area contributed by atoms with Gasteiger partial charge < -0.3 is 4.74 Å². The van der Waals surface area contributed by atoms with E-state index in [0.717, 1.165) is 12.1 Å². The molecule has 0 amide bonds. The molecule has 0 aliphatic carbocycles. The Kier molecular flexibility index (Phi) is 5.25. The van der Waals surface area contributed by atoms with Gasteiger partial charge in [-0.15, -0.1) is 0 Å². The number of hydrogen-bond acceptors (Lipinski definition) is 3. The minimum Gasteiger partial charge on any atom is -0.384 e. The largest absolute Gasteiger partial charge is 0.384 e. The first-order valence-corrected chi connectivity index (χ1v) is 5.41. The number of Topliss-reactive ketones (excluding diaryl/α,β-unsaturated/α-hetero) is 2. The number of benzene rings is 1. The molecule has 92 valence electrons. The first-order chi connectivity index (χ1) is 8.04. The van der Waals surface area contributed by atoms with Crippen LogP contribution in [0.25, 0.3) is 0 Å². The molecule has 0 saturated heterocycles. The second kappa shape index (κ2) is 6.47. The molecular weight excluding hydrogens is 247 g/mol. The van der Waals surface area contributed by atoms with Gasteiger partial charge in [-0.05, 0) is 18.2 Å². The minimum absolute atomic E-state index is 0.0227. The Morgan fingerprint density at radius 2 is 2.12 bits per heavy atom. The number of ether oxygens (including phenoxy) is 1. The Labute approximate surface area is 104 Å². The summed E-state index contributed by atoms with van der Waals surface area (Å²) in [6, 6.07) is 3.47. The second-order valence-corrected chi connectivity index (χ2v) is 3.91. The predicted octanol–water partition coefficient (Wildman–Crippen LogP) is 2.66. The molecule has 1 aromatic rings. The standard InChI is InChI=1S/C12H12ClFO3/c1-17-5-4-9(15)7-12(16)10-3-2-8(14)6-11(10)13/h2-3,6H,4-5,7H2,1H3. The molecule has 0 fully saturated rings. The van der Waals surface area contributed by atoms with Crippen molar-refractivity contribution in [2.24, 2.45) is 0 Å². The van der Waals surface area contributed by atoms with E-state index in [0.29, 0.717) is 0 Å². The SMILES string of the molecule is COCCC(=O)CC(=O)c1ccc(F)cc1Cl. The summed E-state index contributed by atoms with van der Waals surface area (Å²) in [5.41, 5.74) is 0.166. The van der Waals surface area contributed by atoms with Gasteiger partial charge in [0.2, 0.25) is 0 Å². The highest BCUT2D eigenvalue weighted by molar-refractivity contribution is 6.34. The predicted molar refractivity (Wildman–Crippen MR) is 61.9 cm³/mol. The minimum atomic E-state index is -0.516. The van der Waals surface area contributed by atoms with Crippen molar-refractivity contribution >= 4 is 23.2 Å². The Balaban J connectivity index is 2.67. The van der Waals surface area contributed by atoms with Crippen molar-refractivity contribution in [3.8, 4) is 0 Å². The summed E-state index contributed by atoms with van der Waals surface area (Å²) in [4.78, 5) is 23.0. The molecule has 1 aromatic carbocycles. The van der Waals surface area contributed by atoms with Crippen LogP contribution >= 0.6 is 11.6 Å². The molecule has 0 aliphatic heterocycles. The third kappa shape index (κ3) is 4.24. The maximum Gasteiger partial charge on any atom is 0.171 e. The van der Waals surface area contributed by atoms with E-state index in [2.05, 4.69) is 0 Å². The molecule has 0 unspecified atom stereocenters. The summed E-state index contributed by atoms with van der Waals surface area (Å²) in [6.45, 7) is 0.281. The van der Waals surface area contributed by atoms with Crippen LogP contribution in [0.5, 0.6) is 0 Å². The third-order valence-corrected chi connectivity index (χ3v) is 2.49. The average molecular weight is 259 g/mol. The van der Waals surface area contributed by atoms with Gasteiger partial charge in [0.15, 0.2) is 5.78 Å². The Morgan fingerprint density at radius 3 is 2.71 bits per heavy atom. The van der Waals surface area contributed by atoms with Gasteiger partial charge in [0, 0.05) is 19.1 Å². The molecule has 0 bridgehead atoms. The molecule has 0 spiro atoms. The number of carbonyl (C=O) groups excluding carboxylic acids is 2. The molecule has 1 rings (SSSR count). The topological polar surface area (TPSA) is 43.4 Å². The van der Waals surface area contributed by atoms with Crippen LogP contribution in [-0.2, 0) is 9.53 Å². The van der Waals surface area contributed by atoms with E-state index in [1.807, 2.05) is 0 Å². The normalized spacial score (nSPS) is 10.3. The molecule has 0 atom stereocenters. The molecule has 17 heavy (non-hydrogen) atoms. The molecule has 0 radical (unpaired) electrons. The summed E-state index contributed by atoms with van der Waals surface area (Å²) < 4.78 is 17.5. The quantitative estimate of drug-likeness (QED) is 0.582. The van der Waals surface area contributed by atoms with Crippen LogP contribution in [0.4, 0.5) is 4.39 Å². The monoisotopic (exact) mass is 258 g/mol. The van der Waals surface area contributed by atoms with Crippen molar-refractivity contribution < 1.29 is 18.7 Å². The molecule has 0 aliphatic rings. The average Bonchev–Trinajstić information content (AvgIpc) is 2.26. The molecule has 0 heterocycles. The lowest BCUT2D eigenvalue weighted by Gasteiger charge is -2.03. The van der Waals surface area contributed by atoms with E-state index in [9.17, 15) is 14.0 Å². The number of hydrogen-bond donors (Lipinski definition) is 0. The number of carbonyl (C=O) groups is 2. The van der Waals surface area contributed by atoms with E-state index in [1.165, 1.54) is 13.2 Å². The highest BCUT2D eigenvalue weighted by Crippen LogP contribution is 2.19. The van der Waals surface area contributed by atoms with E-state index in [4.69, 9.17) is 16.3 Å². The summed E-state index contributed by atoms with van der Waals surface area (Å²) in [6.07, 6.45) is -0.0598. The highest BCUT2D eigenvalue weighted by Gasteiger charge is 2.14. The van der Waals surface area contributed by atoms with Crippen LogP contribution in [-0.4, -0.2) is 25.3 Å². The van der Waals surface area contributed by atoms with Crippen molar-refractivity contribution in [1.29, 1.82) is 0 Å². The molecule has 3 nitrogen and oxygen atoms in total. The van der Waals surface area contributed by atoms with Crippen LogP contribution in [0, 0.1) is 5.82 Å². The van der Waals surface area contributed by atoms with Gasteiger partial charge in [-0.3, -0.25) is 9.59 Å². The second-order valence-electron chi connectivity index (χ2n) is 3.51. The first-order valence-electron chi connectivity index (χ1n) is 5.03. The fraction of sp³-hybridized carbons (Fsp3) is 0.333. The lowest BCUT2D eigenvalue weighted by atomic mass is 10.0. The zero-order valence-corrected chi connectivity index (χ0v) is 10.1. The van der Waals surface area contributed by atoms with Crippen molar-refractivity contribution in [1.82, 2.24) is 0 Å². The first kappa shape index (κ1) is 13.8. The van der Waals surface area contributed by atoms with E-state index in [-0.39, 0.29) is 35.8 Å². The Morgan fingerprint density at radius 1 is 1.41 bits per heavy atom. The van der Waals surface area contributed by atoms with Crippen LogP contribution in [0.15, 0.2) is 18.2 Å². The summed E-state index contributed by atoms with van der Waals surface area (Å²) in [7, 11) is 1.48.